The number of nitrogens with one attached hydrogen (secondary N) is 1. The van der Waals surface area contributed by atoms with E-state index in [-0.39, 0.29) is 0 Å². The molecule has 1 N–H and O–H groups in total. The number of aromatic nitrogens is 2. The zero-order valence-electron chi connectivity index (χ0n) is 13.7. The third-order valence-corrected chi connectivity index (χ3v) is 4.41. The van der Waals surface area contributed by atoms with Crippen LogP contribution in [-0.4, -0.2) is 40.4 Å². The van der Waals surface area contributed by atoms with Gasteiger partial charge in [-0.1, -0.05) is 13.8 Å². The molecule has 1 saturated heterocycles. The summed E-state index contributed by atoms with van der Waals surface area (Å²) in [7, 11) is 2.01. The summed E-state index contributed by atoms with van der Waals surface area (Å²) in [5.41, 5.74) is 2.55. The number of nitrogens with zero attached hydrogens (tertiary/aromatic N) is 3. The van der Waals surface area contributed by atoms with E-state index < -0.39 is 0 Å². The molecular weight excluding hydrogens is 248 g/mol. The molecule has 0 aromatic carbocycles. The fourth-order valence-electron chi connectivity index (χ4n) is 3.24. The predicted octanol–water partition coefficient (Wildman–Crippen LogP) is 2.50. The number of aryl methyl sites for hydroxylation is 2. The first-order chi connectivity index (χ1) is 9.47. The summed E-state index contributed by atoms with van der Waals surface area (Å²) in [4.78, 5) is 2.63. The second-order valence-electron chi connectivity index (χ2n) is 6.59. The van der Waals surface area contributed by atoms with Crippen molar-refractivity contribution >= 4 is 0 Å². The van der Waals surface area contributed by atoms with Crippen LogP contribution in [0.2, 0.25) is 0 Å². The molecule has 0 bridgehead atoms. The molecule has 1 aromatic heterocycles. The fraction of sp³-hybridized carbons (Fsp3) is 0.812. The molecule has 1 aliphatic heterocycles. The van der Waals surface area contributed by atoms with E-state index in [0.29, 0.717) is 12.1 Å². The average molecular weight is 278 g/mol. The number of likely N-dealkylation sites (tertiary alicyclic amines) is 1. The van der Waals surface area contributed by atoms with Crippen LogP contribution in [0.5, 0.6) is 0 Å². The van der Waals surface area contributed by atoms with E-state index in [1.807, 2.05) is 11.7 Å². The molecule has 0 spiro atoms. The summed E-state index contributed by atoms with van der Waals surface area (Å²) in [5, 5.41) is 8.07. The molecule has 2 atom stereocenters. The Hall–Kier alpha value is -0.870. The van der Waals surface area contributed by atoms with E-state index in [2.05, 4.69) is 49.2 Å². The molecular formula is C16H30N4. The monoisotopic (exact) mass is 278 g/mol. The van der Waals surface area contributed by atoms with Gasteiger partial charge in [0.15, 0.2) is 0 Å². The number of hydrogen-bond donors (Lipinski definition) is 1. The first kappa shape index (κ1) is 15.5. The van der Waals surface area contributed by atoms with Crippen molar-refractivity contribution < 1.29 is 0 Å². The van der Waals surface area contributed by atoms with E-state index in [0.717, 1.165) is 12.5 Å². The Morgan fingerprint density at radius 3 is 2.75 bits per heavy atom. The molecule has 0 radical (unpaired) electrons. The van der Waals surface area contributed by atoms with Crippen LogP contribution in [0.1, 0.15) is 50.9 Å². The van der Waals surface area contributed by atoms with Gasteiger partial charge in [0.2, 0.25) is 0 Å². The van der Waals surface area contributed by atoms with Gasteiger partial charge in [-0.2, -0.15) is 5.10 Å². The van der Waals surface area contributed by atoms with Gasteiger partial charge in [0, 0.05) is 37.4 Å². The predicted molar refractivity (Wildman–Crippen MR) is 83.8 cm³/mol. The maximum atomic E-state index is 4.48. The van der Waals surface area contributed by atoms with E-state index in [1.165, 1.54) is 37.2 Å². The van der Waals surface area contributed by atoms with Gasteiger partial charge in [0.25, 0.3) is 0 Å². The highest BCUT2D eigenvalue weighted by Crippen LogP contribution is 2.27. The normalized spacial score (nSPS) is 22.4. The van der Waals surface area contributed by atoms with Crippen molar-refractivity contribution in [1.82, 2.24) is 20.0 Å². The van der Waals surface area contributed by atoms with E-state index in [9.17, 15) is 0 Å². The van der Waals surface area contributed by atoms with Crippen molar-refractivity contribution in [3.8, 4) is 0 Å². The van der Waals surface area contributed by atoms with Crippen molar-refractivity contribution in [2.24, 2.45) is 13.0 Å². The van der Waals surface area contributed by atoms with Crippen LogP contribution in [0.25, 0.3) is 0 Å². The van der Waals surface area contributed by atoms with Crippen molar-refractivity contribution in [3.05, 3.63) is 17.5 Å². The minimum atomic E-state index is 0.477. The van der Waals surface area contributed by atoms with Crippen LogP contribution in [0.4, 0.5) is 0 Å². The van der Waals surface area contributed by atoms with Gasteiger partial charge in [-0.3, -0.25) is 9.58 Å². The van der Waals surface area contributed by atoms with Crippen LogP contribution >= 0.6 is 0 Å². The smallest absolute Gasteiger partial charge is 0.0641 e. The topological polar surface area (TPSA) is 33.1 Å². The lowest BCUT2D eigenvalue weighted by molar-refractivity contribution is 0.129. The minimum Gasteiger partial charge on any atom is -0.314 e. The Morgan fingerprint density at radius 1 is 1.40 bits per heavy atom. The van der Waals surface area contributed by atoms with E-state index >= 15 is 0 Å². The summed E-state index contributed by atoms with van der Waals surface area (Å²) in [6.07, 6.45) is 4.85. The third kappa shape index (κ3) is 3.83. The van der Waals surface area contributed by atoms with Crippen molar-refractivity contribution in [2.45, 2.75) is 52.6 Å². The van der Waals surface area contributed by atoms with Gasteiger partial charge in [-0.25, -0.2) is 0 Å². The highest BCUT2D eigenvalue weighted by atomic mass is 15.3. The zero-order valence-corrected chi connectivity index (χ0v) is 13.7. The van der Waals surface area contributed by atoms with E-state index in [4.69, 9.17) is 0 Å². The Kier molecular flexibility index (Phi) is 5.22. The quantitative estimate of drug-likeness (QED) is 0.898. The lowest BCUT2D eigenvalue weighted by Crippen LogP contribution is -2.42. The van der Waals surface area contributed by atoms with Crippen LogP contribution in [0, 0.1) is 12.8 Å². The maximum Gasteiger partial charge on any atom is 0.0641 e. The van der Waals surface area contributed by atoms with Gasteiger partial charge in [-0.05, 0) is 45.7 Å². The highest BCUT2D eigenvalue weighted by Gasteiger charge is 2.25. The van der Waals surface area contributed by atoms with Gasteiger partial charge in [-0.15, -0.1) is 0 Å². The molecule has 0 saturated carbocycles. The van der Waals surface area contributed by atoms with Gasteiger partial charge in [0.1, 0.15) is 0 Å². The summed E-state index contributed by atoms with van der Waals surface area (Å²) in [5.74, 6) is 0.783. The van der Waals surface area contributed by atoms with Crippen LogP contribution in [0.3, 0.4) is 0 Å². The lowest BCUT2D eigenvalue weighted by atomic mass is 9.95. The van der Waals surface area contributed by atoms with Crippen molar-refractivity contribution in [1.29, 1.82) is 0 Å². The highest BCUT2D eigenvalue weighted by molar-refractivity contribution is 5.19. The molecule has 2 heterocycles. The van der Waals surface area contributed by atoms with Crippen LogP contribution in [0.15, 0.2) is 6.20 Å². The van der Waals surface area contributed by atoms with Gasteiger partial charge >= 0.3 is 0 Å². The molecule has 1 aliphatic rings. The van der Waals surface area contributed by atoms with Crippen molar-refractivity contribution in [2.75, 3.05) is 19.6 Å². The Bertz CT molecular complexity index is 424. The molecule has 1 aromatic rings. The number of piperidine rings is 1. The van der Waals surface area contributed by atoms with Gasteiger partial charge in [0.05, 0.1) is 5.69 Å². The largest absolute Gasteiger partial charge is 0.314 e. The Morgan fingerprint density at radius 2 is 2.15 bits per heavy atom. The fourth-order valence-corrected chi connectivity index (χ4v) is 3.24. The lowest BCUT2D eigenvalue weighted by Gasteiger charge is -2.37. The molecule has 2 unspecified atom stereocenters. The molecule has 114 valence electrons. The van der Waals surface area contributed by atoms with Gasteiger partial charge < -0.3 is 5.32 Å². The summed E-state index contributed by atoms with van der Waals surface area (Å²) >= 11 is 0. The van der Waals surface area contributed by atoms with Crippen LogP contribution in [-0.2, 0) is 7.05 Å². The van der Waals surface area contributed by atoms with Crippen molar-refractivity contribution in [3.63, 3.8) is 0 Å². The Labute approximate surface area is 123 Å². The first-order valence-electron chi connectivity index (χ1n) is 7.95. The molecule has 1 fully saturated rings. The summed E-state index contributed by atoms with van der Waals surface area (Å²) in [6.45, 7) is 12.5. The third-order valence-electron chi connectivity index (χ3n) is 4.41. The molecule has 4 nitrogen and oxygen atoms in total. The minimum absolute atomic E-state index is 0.477. The average Bonchev–Trinajstić information content (AvgIpc) is 2.75. The standard InChI is InChI=1S/C16H30N4/c1-12(2)17-9-15-7-6-8-20(10-15)14(4)16-11-19(5)18-13(16)3/h11-12,14-15,17H,6-10H2,1-5H3. The molecule has 20 heavy (non-hydrogen) atoms. The molecule has 2 rings (SSSR count). The SMILES string of the molecule is Cc1nn(C)cc1C(C)N1CCCC(CNC(C)C)C1. The number of rotatable bonds is 5. The number of hydrogen-bond acceptors (Lipinski definition) is 3. The van der Waals surface area contributed by atoms with Crippen LogP contribution < -0.4 is 5.32 Å². The molecule has 0 aliphatic carbocycles. The van der Waals surface area contributed by atoms with E-state index in [1.54, 1.807) is 0 Å². The molecule has 4 heteroatoms. The second kappa shape index (κ2) is 6.72. The second-order valence-corrected chi connectivity index (χ2v) is 6.59. The summed E-state index contributed by atoms with van der Waals surface area (Å²) < 4.78 is 1.93. The summed E-state index contributed by atoms with van der Waals surface area (Å²) in [6, 6.07) is 1.06. The zero-order chi connectivity index (χ0) is 14.7. The maximum absolute atomic E-state index is 4.48. The first-order valence-corrected chi connectivity index (χ1v) is 7.95. The molecule has 0 amide bonds. The Balaban J connectivity index is 1.96.